The van der Waals surface area contributed by atoms with Crippen LogP contribution in [0.2, 0.25) is 0 Å². The molecule has 4 aromatic rings. The molecule has 0 bridgehead atoms. The Kier molecular flexibility index (Phi) is 4.57. The molecule has 0 saturated heterocycles. The summed E-state index contributed by atoms with van der Waals surface area (Å²) >= 11 is 0. The van der Waals surface area contributed by atoms with Crippen LogP contribution in [0.3, 0.4) is 0 Å². The van der Waals surface area contributed by atoms with Crippen molar-refractivity contribution >= 4 is 12.4 Å². The van der Waals surface area contributed by atoms with Gasteiger partial charge in [0.1, 0.15) is 11.4 Å². The maximum Gasteiger partial charge on any atom is 0.361 e. The third kappa shape index (κ3) is 3.27. The highest BCUT2D eigenvalue weighted by molar-refractivity contribution is 5.85. The molecular weight excluding hydrogens is 370 g/mol. The number of nitrogens with zero attached hydrogens (tertiary/aromatic N) is 7. The fourth-order valence-corrected chi connectivity index (χ4v) is 2.98. The Morgan fingerprint density at radius 3 is 2.81 bits per heavy atom. The third-order valence-corrected chi connectivity index (χ3v) is 4.19. The van der Waals surface area contributed by atoms with E-state index in [1.54, 1.807) is 6.20 Å². The van der Waals surface area contributed by atoms with Crippen molar-refractivity contribution in [2.75, 3.05) is 6.54 Å². The van der Waals surface area contributed by atoms with Crippen molar-refractivity contribution in [1.29, 1.82) is 0 Å². The summed E-state index contributed by atoms with van der Waals surface area (Å²) in [4.78, 5) is 4.49. The molecule has 5 rings (SSSR count). The molecule has 0 amide bonds. The second kappa shape index (κ2) is 7.17. The molecule has 0 fully saturated rings. The normalized spacial score (nSPS) is 13.0. The highest BCUT2D eigenvalue weighted by Gasteiger charge is 2.16. The summed E-state index contributed by atoms with van der Waals surface area (Å²) in [7, 11) is 0. The van der Waals surface area contributed by atoms with Crippen molar-refractivity contribution in [3.63, 3.8) is 0 Å². The molecule has 0 saturated carbocycles. The number of hydrogen-bond donors (Lipinski definition) is 2. The number of halogens is 1. The largest absolute Gasteiger partial charge is 0.422 e. The number of benzene rings is 1. The lowest BCUT2D eigenvalue weighted by molar-refractivity contribution is 0.442. The molecule has 0 aliphatic carbocycles. The molecule has 10 nitrogen and oxygen atoms in total. The topological polar surface area (TPSA) is 111 Å². The predicted molar refractivity (Wildman–Crippen MR) is 98.0 cm³/mol. The molecule has 0 atom stereocenters. The first-order valence-electron chi connectivity index (χ1n) is 8.20. The number of nitrogens with one attached hydrogen (secondary N) is 2. The summed E-state index contributed by atoms with van der Waals surface area (Å²) in [5.74, 6) is 1.43. The molecule has 1 aromatic carbocycles. The van der Waals surface area contributed by atoms with Gasteiger partial charge in [-0.2, -0.15) is 10.3 Å². The van der Waals surface area contributed by atoms with Crippen molar-refractivity contribution < 1.29 is 4.74 Å². The molecule has 0 radical (unpaired) electrons. The quantitative estimate of drug-likeness (QED) is 0.548. The maximum atomic E-state index is 5.50. The van der Waals surface area contributed by atoms with Crippen molar-refractivity contribution in [1.82, 2.24) is 45.3 Å². The molecule has 0 spiro atoms. The first-order chi connectivity index (χ1) is 12.9. The summed E-state index contributed by atoms with van der Waals surface area (Å²) in [6.45, 7) is 2.64. The second-order valence-electron chi connectivity index (χ2n) is 5.83. The summed E-state index contributed by atoms with van der Waals surface area (Å²) < 4.78 is 9.53. The Labute approximate surface area is 160 Å². The Morgan fingerprint density at radius 2 is 2.04 bits per heavy atom. The van der Waals surface area contributed by atoms with E-state index in [2.05, 4.69) is 42.1 Å². The minimum absolute atomic E-state index is 0. The average molecular weight is 386 g/mol. The number of aromatic nitrogens is 8. The van der Waals surface area contributed by atoms with Gasteiger partial charge in [-0.3, -0.25) is 9.25 Å². The van der Waals surface area contributed by atoms with Crippen molar-refractivity contribution in [3.8, 4) is 29.0 Å². The van der Waals surface area contributed by atoms with Gasteiger partial charge in [0.15, 0.2) is 5.82 Å². The van der Waals surface area contributed by atoms with Crippen LogP contribution in [0.15, 0.2) is 42.7 Å². The summed E-state index contributed by atoms with van der Waals surface area (Å²) in [6.07, 6.45) is 3.69. The van der Waals surface area contributed by atoms with Gasteiger partial charge in [-0.05, 0) is 35.5 Å². The Hall–Kier alpha value is -3.24. The molecule has 1 aliphatic rings. The minimum atomic E-state index is 0. The summed E-state index contributed by atoms with van der Waals surface area (Å²) in [5, 5.41) is 21.4. The second-order valence-corrected chi connectivity index (χ2v) is 5.83. The van der Waals surface area contributed by atoms with Gasteiger partial charge in [-0.1, -0.05) is 10.2 Å². The van der Waals surface area contributed by atoms with E-state index in [-0.39, 0.29) is 18.4 Å². The van der Waals surface area contributed by atoms with Crippen LogP contribution in [0.4, 0.5) is 0 Å². The number of aromatic amines is 1. The van der Waals surface area contributed by atoms with Gasteiger partial charge >= 0.3 is 6.01 Å². The fourth-order valence-electron chi connectivity index (χ4n) is 2.98. The standard InChI is InChI=1S/C16H15N9O.ClH/c1-3-13(26-16-19-22-23-20-16)4-2-11(1)24-7-6-18-15(24)14-9-12-10-17-5-8-25(12)21-14;/h1-4,6-7,9,17H,5,8,10H2,(H,19,20,22,23);1H. The number of H-pyrrole nitrogens is 1. The van der Waals surface area contributed by atoms with E-state index in [9.17, 15) is 0 Å². The van der Waals surface area contributed by atoms with Gasteiger partial charge in [0, 0.05) is 31.2 Å². The van der Waals surface area contributed by atoms with Crippen LogP contribution in [0.1, 0.15) is 5.69 Å². The lowest BCUT2D eigenvalue weighted by atomic mass is 10.2. The highest BCUT2D eigenvalue weighted by Crippen LogP contribution is 2.24. The van der Waals surface area contributed by atoms with E-state index in [0.717, 1.165) is 36.8 Å². The van der Waals surface area contributed by atoms with Crippen LogP contribution in [0, 0.1) is 0 Å². The van der Waals surface area contributed by atoms with Gasteiger partial charge < -0.3 is 10.1 Å². The smallest absolute Gasteiger partial charge is 0.361 e. The van der Waals surface area contributed by atoms with Gasteiger partial charge in [0.05, 0.1) is 12.2 Å². The Balaban J connectivity index is 0.00000180. The van der Waals surface area contributed by atoms with Crippen LogP contribution in [-0.2, 0) is 13.1 Å². The van der Waals surface area contributed by atoms with E-state index in [1.165, 1.54) is 5.69 Å². The number of rotatable bonds is 4. The minimum Gasteiger partial charge on any atom is -0.422 e. The zero-order valence-electron chi connectivity index (χ0n) is 14.1. The van der Waals surface area contributed by atoms with E-state index < -0.39 is 0 Å². The average Bonchev–Trinajstić information content (AvgIpc) is 3.42. The first-order valence-corrected chi connectivity index (χ1v) is 8.20. The van der Waals surface area contributed by atoms with E-state index >= 15 is 0 Å². The van der Waals surface area contributed by atoms with Gasteiger partial charge in [-0.25, -0.2) is 4.98 Å². The van der Waals surface area contributed by atoms with E-state index in [0.29, 0.717) is 5.75 Å². The lowest BCUT2D eigenvalue weighted by Gasteiger charge is -2.13. The van der Waals surface area contributed by atoms with E-state index in [4.69, 9.17) is 4.74 Å². The monoisotopic (exact) mass is 385 g/mol. The van der Waals surface area contributed by atoms with Crippen molar-refractivity contribution in [2.45, 2.75) is 13.1 Å². The number of ether oxygens (including phenoxy) is 1. The van der Waals surface area contributed by atoms with Gasteiger partial charge in [-0.15, -0.1) is 12.4 Å². The highest BCUT2D eigenvalue weighted by atomic mass is 35.5. The number of hydrogen-bond acceptors (Lipinski definition) is 7. The van der Waals surface area contributed by atoms with Gasteiger partial charge in [0.25, 0.3) is 0 Å². The van der Waals surface area contributed by atoms with E-state index in [1.807, 2.05) is 39.7 Å². The fraction of sp³-hybridized carbons (Fsp3) is 0.188. The molecular formula is C16H16ClN9O. The van der Waals surface area contributed by atoms with Crippen LogP contribution in [0.5, 0.6) is 11.8 Å². The zero-order valence-corrected chi connectivity index (χ0v) is 14.9. The molecule has 4 heterocycles. The SMILES string of the molecule is Cl.c1cn(-c2ccc(Oc3nn[nH]n3)cc2)c(-c2cc3n(n2)CCNC3)n1. The van der Waals surface area contributed by atoms with Crippen LogP contribution >= 0.6 is 12.4 Å². The van der Waals surface area contributed by atoms with Crippen molar-refractivity contribution in [2.24, 2.45) is 0 Å². The van der Waals surface area contributed by atoms with Crippen LogP contribution in [-0.4, -0.2) is 46.5 Å². The molecule has 138 valence electrons. The number of tetrazole rings is 1. The molecule has 0 unspecified atom stereocenters. The molecule has 11 heteroatoms. The zero-order chi connectivity index (χ0) is 17.3. The third-order valence-electron chi connectivity index (χ3n) is 4.19. The Bertz CT molecular complexity index is 999. The molecule has 1 aliphatic heterocycles. The van der Waals surface area contributed by atoms with Crippen LogP contribution in [0.25, 0.3) is 17.2 Å². The summed E-state index contributed by atoms with van der Waals surface area (Å²) in [6, 6.07) is 9.84. The Morgan fingerprint density at radius 1 is 1.15 bits per heavy atom. The lowest BCUT2D eigenvalue weighted by Crippen LogP contribution is -2.28. The van der Waals surface area contributed by atoms with Gasteiger partial charge in [0.2, 0.25) is 0 Å². The van der Waals surface area contributed by atoms with Crippen LogP contribution < -0.4 is 10.1 Å². The molecule has 27 heavy (non-hydrogen) atoms. The molecule has 2 N–H and O–H groups in total. The number of imidazole rings is 1. The van der Waals surface area contributed by atoms with Crippen molar-refractivity contribution in [3.05, 3.63) is 48.4 Å². The molecule has 3 aromatic heterocycles. The predicted octanol–water partition coefficient (Wildman–Crippen LogP) is 1.57. The first kappa shape index (κ1) is 17.2. The summed E-state index contributed by atoms with van der Waals surface area (Å²) in [5.41, 5.74) is 2.99. The number of fused-ring (bicyclic) bond motifs is 1. The maximum absolute atomic E-state index is 5.50.